The van der Waals surface area contributed by atoms with Gasteiger partial charge >= 0.3 is 0 Å². The number of amides is 1. The summed E-state index contributed by atoms with van der Waals surface area (Å²) < 4.78 is 33.1. The number of anilines is 1. The van der Waals surface area contributed by atoms with Gasteiger partial charge in [0.15, 0.2) is 0 Å². The molecule has 0 aliphatic carbocycles. The second kappa shape index (κ2) is 11.0. The van der Waals surface area contributed by atoms with Crippen molar-refractivity contribution in [3.8, 4) is 5.75 Å². The van der Waals surface area contributed by atoms with Crippen molar-refractivity contribution in [2.45, 2.75) is 38.1 Å². The first-order chi connectivity index (χ1) is 15.9. The van der Waals surface area contributed by atoms with E-state index in [2.05, 4.69) is 37.4 Å². The number of ether oxygens (including phenoxy) is 1. The van der Waals surface area contributed by atoms with Gasteiger partial charge in [-0.2, -0.15) is 0 Å². The zero-order valence-corrected chi connectivity index (χ0v) is 20.1. The molecule has 3 aromatic carbocycles. The van der Waals surface area contributed by atoms with Crippen LogP contribution < -0.4 is 14.4 Å². The van der Waals surface area contributed by atoms with E-state index in [9.17, 15) is 13.2 Å². The molecule has 33 heavy (non-hydrogen) atoms. The van der Waals surface area contributed by atoms with Crippen LogP contribution in [-0.2, 0) is 34.2 Å². The lowest BCUT2D eigenvalue weighted by molar-refractivity contribution is -0.119. The SMILES string of the molecule is CCc1ccc(CC)c(CNC(=O)CN(c2ccc(OC)cc2)S(=O)(=O)c2ccccc2)c1. The van der Waals surface area contributed by atoms with Gasteiger partial charge in [0, 0.05) is 6.54 Å². The molecule has 0 saturated carbocycles. The maximum atomic E-state index is 13.4. The minimum absolute atomic E-state index is 0.123. The van der Waals surface area contributed by atoms with Gasteiger partial charge < -0.3 is 10.1 Å². The second-order valence-electron chi connectivity index (χ2n) is 7.61. The number of methoxy groups -OCH3 is 1. The first-order valence-corrected chi connectivity index (χ1v) is 12.4. The zero-order valence-electron chi connectivity index (χ0n) is 19.2. The van der Waals surface area contributed by atoms with Gasteiger partial charge in [-0.05, 0) is 65.9 Å². The fraction of sp³-hybridized carbons (Fsp3) is 0.269. The Balaban J connectivity index is 1.85. The third-order valence-electron chi connectivity index (χ3n) is 5.51. The molecular weight excluding hydrogens is 436 g/mol. The van der Waals surface area contributed by atoms with Crippen LogP contribution in [0.25, 0.3) is 0 Å². The Morgan fingerprint density at radius 2 is 1.61 bits per heavy atom. The smallest absolute Gasteiger partial charge is 0.264 e. The number of nitrogens with one attached hydrogen (secondary N) is 1. The third-order valence-corrected chi connectivity index (χ3v) is 7.30. The Morgan fingerprint density at radius 1 is 0.909 bits per heavy atom. The molecule has 174 valence electrons. The Bertz CT molecular complexity index is 1180. The Kier molecular flexibility index (Phi) is 8.11. The summed E-state index contributed by atoms with van der Waals surface area (Å²) >= 11 is 0. The number of carbonyl (C=O) groups is 1. The second-order valence-corrected chi connectivity index (χ2v) is 9.47. The molecule has 0 atom stereocenters. The van der Waals surface area contributed by atoms with Crippen LogP contribution in [0.2, 0.25) is 0 Å². The molecule has 0 bridgehead atoms. The van der Waals surface area contributed by atoms with Gasteiger partial charge in [-0.15, -0.1) is 0 Å². The lowest BCUT2D eigenvalue weighted by Crippen LogP contribution is -2.40. The normalized spacial score (nSPS) is 11.1. The molecule has 3 aromatic rings. The van der Waals surface area contributed by atoms with E-state index in [-0.39, 0.29) is 17.3 Å². The molecule has 6 nitrogen and oxygen atoms in total. The van der Waals surface area contributed by atoms with E-state index >= 15 is 0 Å². The van der Waals surface area contributed by atoms with Crippen LogP contribution in [0.1, 0.15) is 30.5 Å². The largest absolute Gasteiger partial charge is 0.497 e. The Morgan fingerprint density at radius 3 is 2.21 bits per heavy atom. The van der Waals surface area contributed by atoms with Gasteiger partial charge in [0.05, 0.1) is 17.7 Å². The highest BCUT2D eigenvalue weighted by Crippen LogP contribution is 2.25. The van der Waals surface area contributed by atoms with E-state index in [0.717, 1.165) is 28.3 Å². The molecule has 3 rings (SSSR count). The van der Waals surface area contributed by atoms with Crippen molar-refractivity contribution in [1.29, 1.82) is 0 Å². The summed E-state index contributed by atoms with van der Waals surface area (Å²) in [5.41, 5.74) is 3.79. The summed E-state index contributed by atoms with van der Waals surface area (Å²) in [5, 5.41) is 2.90. The topological polar surface area (TPSA) is 75.7 Å². The van der Waals surface area contributed by atoms with Crippen molar-refractivity contribution in [3.63, 3.8) is 0 Å². The van der Waals surface area contributed by atoms with Crippen LogP contribution in [-0.4, -0.2) is 28.0 Å². The van der Waals surface area contributed by atoms with E-state index in [1.54, 1.807) is 49.6 Å². The lowest BCUT2D eigenvalue weighted by atomic mass is 10.0. The number of benzene rings is 3. The number of rotatable bonds is 10. The van der Waals surface area contributed by atoms with Crippen LogP contribution in [0.3, 0.4) is 0 Å². The molecule has 0 unspecified atom stereocenters. The first kappa shape index (κ1) is 24.3. The maximum Gasteiger partial charge on any atom is 0.264 e. The van der Waals surface area contributed by atoms with Crippen LogP contribution in [0.4, 0.5) is 5.69 Å². The minimum atomic E-state index is -3.94. The van der Waals surface area contributed by atoms with E-state index in [0.29, 0.717) is 18.0 Å². The molecule has 0 saturated heterocycles. The average Bonchev–Trinajstić information content (AvgIpc) is 2.86. The number of carbonyl (C=O) groups excluding carboxylic acids is 1. The molecule has 0 aromatic heterocycles. The third kappa shape index (κ3) is 5.93. The van der Waals surface area contributed by atoms with Crippen molar-refractivity contribution in [2.75, 3.05) is 18.0 Å². The predicted molar refractivity (Wildman–Crippen MR) is 131 cm³/mol. The summed E-state index contributed by atoms with van der Waals surface area (Å²) in [6.07, 6.45) is 1.76. The van der Waals surface area contributed by atoms with E-state index < -0.39 is 10.0 Å². The van der Waals surface area contributed by atoms with Gasteiger partial charge in [0.25, 0.3) is 10.0 Å². The highest BCUT2D eigenvalue weighted by molar-refractivity contribution is 7.92. The van der Waals surface area contributed by atoms with E-state index in [1.165, 1.54) is 17.7 Å². The minimum Gasteiger partial charge on any atom is -0.497 e. The van der Waals surface area contributed by atoms with Crippen molar-refractivity contribution >= 4 is 21.6 Å². The summed E-state index contributed by atoms with van der Waals surface area (Å²) in [7, 11) is -2.40. The van der Waals surface area contributed by atoms with E-state index in [4.69, 9.17) is 4.74 Å². The molecule has 0 radical (unpaired) electrons. The maximum absolute atomic E-state index is 13.4. The summed E-state index contributed by atoms with van der Waals surface area (Å²) in [6.45, 7) is 4.17. The summed E-state index contributed by atoms with van der Waals surface area (Å²) in [5.74, 6) is 0.220. The van der Waals surface area contributed by atoms with Crippen molar-refractivity contribution < 1.29 is 17.9 Å². The fourth-order valence-corrected chi connectivity index (χ4v) is 5.01. The number of hydrogen-bond acceptors (Lipinski definition) is 4. The molecule has 1 amide bonds. The van der Waals surface area contributed by atoms with Crippen LogP contribution in [0.15, 0.2) is 77.7 Å². The summed E-state index contributed by atoms with van der Waals surface area (Å²) in [4.78, 5) is 13.0. The van der Waals surface area contributed by atoms with Gasteiger partial charge in [-0.25, -0.2) is 8.42 Å². The first-order valence-electron chi connectivity index (χ1n) is 11.0. The zero-order chi connectivity index (χ0) is 23.8. The highest BCUT2D eigenvalue weighted by atomic mass is 32.2. The van der Waals surface area contributed by atoms with Gasteiger partial charge in [0.1, 0.15) is 12.3 Å². The molecule has 0 aliphatic heterocycles. The molecule has 1 N–H and O–H groups in total. The predicted octanol–water partition coefficient (Wildman–Crippen LogP) is 4.33. The van der Waals surface area contributed by atoms with Crippen molar-refractivity contribution in [2.24, 2.45) is 0 Å². The number of nitrogens with zero attached hydrogens (tertiary/aromatic N) is 1. The van der Waals surface area contributed by atoms with Crippen molar-refractivity contribution in [3.05, 3.63) is 89.5 Å². The highest BCUT2D eigenvalue weighted by Gasteiger charge is 2.27. The van der Waals surface area contributed by atoms with E-state index in [1.807, 2.05) is 0 Å². The average molecular weight is 467 g/mol. The molecular formula is C26H30N2O4S. The monoisotopic (exact) mass is 466 g/mol. The number of sulfonamides is 1. The van der Waals surface area contributed by atoms with Gasteiger partial charge in [0.2, 0.25) is 5.91 Å². The quantitative estimate of drug-likeness (QED) is 0.483. The van der Waals surface area contributed by atoms with Crippen LogP contribution in [0, 0.1) is 0 Å². The van der Waals surface area contributed by atoms with Gasteiger partial charge in [-0.1, -0.05) is 50.2 Å². The Labute approximate surface area is 196 Å². The van der Waals surface area contributed by atoms with Crippen LogP contribution >= 0.6 is 0 Å². The van der Waals surface area contributed by atoms with Crippen molar-refractivity contribution in [1.82, 2.24) is 5.32 Å². The molecule has 7 heteroatoms. The summed E-state index contributed by atoms with van der Waals surface area (Å²) in [6, 6.07) is 21.0. The molecule has 0 spiro atoms. The molecule has 0 fully saturated rings. The number of aryl methyl sites for hydroxylation is 2. The standard InChI is InChI=1S/C26H30N2O4S/c1-4-20-11-12-21(5-2)22(17-20)18-27-26(29)19-28(23-13-15-24(32-3)16-14-23)33(30,31)25-9-7-6-8-10-25/h6-17H,4-5,18-19H2,1-3H3,(H,27,29). The van der Waals surface area contributed by atoms with Crippen LogP contribution in [0.5, 0.6) is 5.75 Å². The van der Waals surface area contributed by atoms with Gasteiger partial charge in [-0.3, -0.25) is 9.10 Å². The lowest BCUT2D eigenvalue weighted by Gasteiger charge is -2.24. The molecule has 0 heterocycles. The number of hydrogen-bond donors (Lipinski definition) is 1. The molecule has 0 aliphatic rings. The Hall–Kier alpha value is -3.32. The fourth-order valence-electron chi connectivity index (χ4n) is 3.57.